The predicted molar refractivity (Wildman–Crippen MR) is 71.9 cm³/mol. The van der Waals surface area contributed by atoms with E-state index in [4.69, 9.17) is 0 Å². The van der Waals surface area contributed by atoms with Crippen molar-refractivity contribution in [2.24, 2.45) is 0 Å². The Balaban J connectivity index is 1.64. The van der Waals surface area contributed by atoms with Crippen molar-refractivity contribution >= 4 is 23.5 Å². The molecule has 2 aliphatic rings. The lowest BCUT2D eigenvalue weighted by atomic mass is 10.2. The second-order valence-corrected chi connectivity index (χ2v) is 5.69. The van der Waals surface area contributed by atoms with Gasteiger partial charge in [-0.05, 0) is 0 Å². The molecule has 3 N–H and O–H groups in total. The van der Waals surface area contributed by atoms with Crippen LogP contribution in [0.3, 0.4) is 0 Å². The Hall–Kier alpha value is -1.05. The van der Waals surface area contributed by atoms with Crippen LogP contribution in [0.4, 0.5) is 5.82 Å². The van der Waals surface area contributed by atoms with Crippen LogP contribution in [-0.4, -0.2) is 52.9 Å². The van der Waals surface area contributed by atoms with Gasteiger partial charge in [-0.15, -0.1) is 0 Å². The van der Waals surface area contributed by atoms with E-state index in [1.807, 2.05) is 22.5 Å². The molecule has 2 aliphatic heterocycles. The predicted octanol–water partition coefficient (Wildman–Crippen LogP) is -0.329. The van der Waals surface area contributed by atoms with E-state index < -0.39 is 0 Å². The van der Waals surface area contributed by atoms with Crippen molar-refractivity contribution in [2.45, 2.75) is 12.1 Å². The number of amides is 1. The van der Waals surface area contributed by atoms with E-state index in [9.17, 15) is 4.79 Å². The van der Waals surface area contributed by atoms with Crippen molar-refractivity contribution in [1.82, 2.24) is 20.4 Å². The van der Waals surface area contributed by atoms with E-state index in [2.05, 4.69) is 21.0 Å². The molecule has 98 valence electrons. The smallest absolute Gasteiger partial charge is 0.243 e. The van der Waals surface area contributed by atoms with Crippen molar-refractivity contribution in [1.29, 1.82) is 0 Å². The fourth-order valence-corrected chi connectivity index (χ4v) is 3.03. The fourth-order valence-electron chi connectivity index (χ4n) is 2.10. The highest BCUT2D eigenvalue weighted by molar-refractivity contribution is 7.99. The van der Waals surface area contributed by atoms with Gasteiger partial charge in [0.05, 0.1) is 18.3 Å². The van der Waals surface area contributed by atoms with Gasteiger partial charge in [0, 0.05) is 37.2 Å². The summed E-state index contributed by atoms with van der Waals surface area (Å²) in [4.78, 5) is 12.1. The number of aromatic nitrogens is 2. The van der Waals surface area contributed by atoms with Crippen molar-refractivity contribution in [2.75, 3.05) is 36.5 Å². The third-order valence-electron chi connectivity index (χ3n) is 3.27. The fraction of sp³-hybridized carbons (Fsp3) is 0.636. The van der Waals surface area contributed by atoms with Crippen LogP contribution in [0.25, 0.3) is 0 Å². The second kappa shape index (κ2) is 5.29. The molecular weight excluding hydrogens is 250 g/mol. The average Bonchev–Trinajstić information content (AvgIpc) is 2.76. The zero-order valence-corrected chi connectivity index (χ0v) is 10.9. The van der Waals surface area contributed by atoms with Crippen LogP contribution in [0, 0.1) is 0 Å². The minimum absolute atomic E-state index is 0.0382. The van der Waals surface area contributed by atoms with Gasteiger partial charge in [0.25, 0.3) is 0 Å². The largest absolute Gasteiger partial charge is 0.312 e. The first-order valence-electron chi connectivity index (χ1n) is 6.21. The van der Waals surface area contributed by atoms with Crippen LogP contribution in [0.2, 0.25) is 0 Å². The summed E-state index contributed by atoms with van der Waals surface area (Å²) in [6.45, 7) is 2.73. The lowest BCUT2D eigenvalue weighted by molar-refractivity contribution is -0.117. The van der Waals surface area contributed by atoms with Crippen LogP contribution >= 0.6 is 11.8 Å². The number of rotatable bonds is 3. The van der Waals surface area contributed by atoms with Gasteiger partial charge < -0.3 is 16.0 Å². The van der Waals surface area contributed by atoms with E-state index in [1.165, 1.54) is 0 Å². The van der Waals surface area contributed by atoms with Crippen LogP contribution in [0.15, 0.2) is 12.3 Å². The van der Waals surface area contributed by atoms with Gasteiger partial charge in [0.1, 0.15) is 5.82 Å². The molecule has 3 rings (SSSR count). The number of carbonyl (C=O) groups excluding carboxylic acids is 1. The zero-order chi connectivity index (χ0) is 12.4. The highest BCUT2D eigenvalue weighted by Gasteiger charge is 2.25. The van der Waals surface area contributed by atoms with Gasteiger partial charge in [-0.25, -0.2) is 4.68 Å². The molecule has 0 bridgehead atoms. The Bertz CT molecular complexity index is 425. The lowest BCUT2D eigenvalue weighted by Gasteiger charge is -2.29. The maximum absolute atomic E-state index is 12.1. The molecule has 1 aromatic heterocycles. The molecule has 2 fully saturated rings. The summed E-state index contributed by atoms with van der Waals surface area (Å²) in [5.41, 5.74) is 0. The number of nitrogens with one attached hydrogen (secondary N) is 3. The number of thioether (sulfide) groups is 1. The van der Waals surface area contributed by atoms with Crippen molar-refractivity contribution in [3.63, 3.8) is 0 Å². The Kier molecular flexibility index (Phi) is 3.53. The zero-order valence-electron chi connectivity index (χ0n) is 10.1. The Labute approximate surface area is 110 Å². The monoisotopic (exact) mass is 267 g/mol. The number of hydrogen-bond donors (Lipinski definition) is 3. The van der Waals surface area contributed by atoms with Crippen LogP contribution in [0.1, 0.15) is 6.04 Å². The van der Waals surface area contributed by atoms with Gasteiger partial charge >= 0.3 is 0 Å². The third-order valence-corrected chi connectivity index (χ3v) is 4.33. The van der Waals surface area contributed by atoms with Gasteiger partial charge in [-0.3, -0.25) is 4.79 Å². The molecule has 0 radical (unpaired) electrons. The molecule has 1 amide bonds. The molecule has 0 saturated carbocycles. The summed E-state index contributed by atoms with van der Waals surface area (Å²) < 4.78 is 1.89. The molecule has 1 unspecified atom stereocenters. The minimum atomic E-state index is -0.0911. The topological polar surface area (TPSA) is 71.0 Å². The molecule has 0 aliphatic carbocycles. The van der Waals surface area contributed by atoms with Crippen LogP contribution < -0.4 is 16.0 Å². The molecule has 1 atom stereocenters. The van der Waals surface area contributed by atoms with E-state index in [-0.39, 0.29) is 11.9 Å². The number of nitrogens with zero attached hydrogens (tertiary/aromatic N) is 2. The summed E-state index contributed by atoms with van der Waals surface area (Å²) in [6.07, 6.45) is 1.73. The highest BCUT2D eigenvalue weighted by atomic mass is 32.2. The number of hydrogen-bond acceptors (Lipinski definition) is 5. The minimum Gasteiger partial charge on any atom is -0.312 e. The molecule has 0 spiro atoms. The number of carbonyl (C=O) groups is 1. The van der Waals surface area contributed by atoms with E-state index >= 15 is 0 Å². The number of anilines is 1. The summed E-state index contributed by atoms with van der Waals surface area (Å²) in [5, 5.41) is 13.7. The molecule has 0 aromatic carbocycles. The molecule has 7 heteroatoms. The van der Waals surface area contributed by atoms with Gasteiger partial charge in [0.15, 0.2) is 0 Å². The van der Waals surface area contributed by atoms with Gasteiger partial charge in [0.2, 0.25) is 5.91 Å². The Morgan fingerprint density at radius 1 is 1.56 bits per heavy atom. The first kappa shape index (κ1) is 12.0. The second-order valence-electron chi connectivity index (χ2n) is 4.54. The molecule has 18 heavy (non-hydrogen) atoms. The Morgan fingerprint density at radius 3 is 3.11 bits per heavy atom. The Morgan fingerprint density at radius 2 is 2.44 bits per heavy atom. The molecule has 2 saturated heterocycles. The summed E-state index contributed by atoms with van der Waals surface area (Å²) >= 11 is 1.81. The molecule has 3 heterocycles. The normalized spacial score (nSPS) is 24.6. The van der Waals surface area contributed by atoms with Gasteiger partial charge in [-0.2, -0.15) is 16.9 Å². The van der Waals surface area contributed by atoms with E-state index in [1.54, 1.807) is 6.20 Å². The molecule has 6 nitrogen and oxygen atoms in total. The average molecular weight is 267 g/mol. The molecular formula is C11H17N5OS. The van der Waals surface area contributed by atoms with Crippen molar-refractivity contribution in [3.05, 3.63) is 12.3 Å². The summed E-state index contributed by atoms with van der Waals surface area (Å²) in [7, 11) is 0. The first-order chi connectivity index (χ1) is 8.84. The van der Waals surface area contributed by atoms with E-state index in [0.717, 1.165) is 37.0 Å². The van der Waals surface area contributed by atoms with Crippen molar-refractivity contribution < 1.29 is 4.79 Å². The lowest BCUT2D eigenvalue weighted by Crippen LogP contribution is -2.47. The van der Waals surface area contributed by atoms with E-state index in [0.29, 0.717) is 6.04 Å². The van der Waals surface area contributed by atoms with Gasteiger partial charge in [-0.1, -0.05) is 0 Å². The van der Waals surface area contributed by atoms with Crippen LogP contribution in [-0.2, 0) is 4.79 Å². The maximum atomic E-state index is 12.1. The third kappa shape index (κ3) is 2.38. The SMILES string of the molecule is O=C(Nc1ccnn1C1CNC1)C1CSCCN1. The summed E-state index contributed by atoms with van der Waals surface area (Å²) in [6, 6.07) is 2.13. The van der Waals surface area contributed by atoms with Crippen LogP contribution in [0.5, 0.6) is 0 Å². The summed E-state index contributed by atoms with van der Waals surface area (Å²) in [5.74, 6) is 2.75. The highest BCUT2D eigenvalue weighted by Crippen LogP contribution is 2.18. The standard InChI is InChI=1S/C11H17N5OS/c17-11(9-7-18-4-3-13-9)15-10-1-2-14-16(10)8-5-12-6-8/h1-2,8-9,12-13H,3-7H2,(H,15,17). The van der Waals surface area contributed by atoms with Crippen molar-refractivity contribution in [3.8, 4) is 0 Å². The maximum Gasteiger partial charge on any atom is 0.243 e. The first-order valence-corrected chi connectivity index (χ1v) is 7.36. The molecule has 1 aromatic rings. The quantitative estimate of drug-likeness (QED) is 0.699.